The van der Waals surface area contributed by atoms with E-state index < -0.39 is 17.9 Å². The van der Waals surface area contributed by atoms with Crippen LogP contribution in [0.1, 0.15) is 36.3 Å². The molecule has 2 nitrogen and oxygen atoms in total. The average Bonchev–Trinajstić information content (AvgIpc) is 2.15. The van der Waals surface area contributed by atoms with E-state index in [2.05, 4.69) is 4.98 Å². The van der Waals surface area contributed by atoms with Gasteiger partial charge in [-0.15, -0.1) is 6.04 Å². The molecule has 1 N–H and O–H groups in total. The van der Waals surface area contributed by atoms with E-state index in [1.54, 1.807) is 0 Å². The van der Waals surface area contributed by atoms with Crippen LogP contribution in [-0.2, 0) is 6.18 Å². The second kappa shape index (κ2) is 4.18. The summed E-state index contributed by atoms with van der Waals surface area (Å²) in [5.41, 5.74) is 7.56. The molecule has 0 amide bonds. The predicted octanol–water partition coefficient (Wildman–Crippen LogP) is 3.91. The number of alkyl halides is 3. The number of nitrogens with zero attached hydrogens (tertiary/aromatic N) is 1. The Morgan fingerprint density at radius 3 is 2.40 bits per heavy atom. The first-order chi connectivity index (χ1) is 6.86. The van der Waals surface area contributed by atoms with E-state index in [1.807, 2.05) is 6.92 Å². The molecular formula is C10H12F3N2-. The summed E-state index contributed by atoms with van der Waals surface area (Å²) >= 11 is 0. The molecule has 0 aliphatic carbocycles. The van der Waals surface area contributed by atoms with Crippen LogP contribution >= 0.6 is 0 Å². The zero-order valence-corrected chi connectivity index (χ0v) is 8.52. The normalized spacial score (nSPS) is 14.0. The molecule has 0 bridgehead atoms. The maximum absolute atomic E-state index is 12.3. The minimum atomic E-state index is -4.41. The summed E-state index contributed by atoms with van der Waals surface area (Å²) in [5.74, 6) is 0. The van der Waals surface area contributed by atoms with Crippen LogP contribution in [0.3, 0.4) is 0 Å². The molecule has 0 saturated heterocycles. The third kappa shape index (κ3) is 2.68. The minimum Gasteiger partial charge on any atom is -0.671 e. The smallest absolute Gasteiger partial charge is 0.433 e. The largest absolute Gasteiger partial charge is 0.671 e. The second-order valence-electron chi connectivity index (χ2n) is 3.33. The Hall–Kier alpha value is -1.10. The first-order valence-electron chi connectivity index (χ1n) is 4.62. The lowest BCUT2D eigenvalue weighted by Gasteiger charge is -2.20. The molecule has 15 heavy (non-hydrogen) atoms. The lowest BCUT2D eigenvalue weighted by Crippen LogP contribution is -2.10. The van der Waals surface area contributed by atoms with Crippen molar-refractivity contribution in [3.8, 4) is 0 Å². The lowest BCUT2D eigenvalue weighted by atomic mass is 10.0. The van der Waals surface area contributed by atoms with Gasteiger partial charge in [0.15, 0.2) is 0 Å². The fourth-order valence-corrected chi connectivity index (χ4v) is 1.32. The average molecular weight is 217 g/mol. The van der Waals surface area contributed by atoms with E-state index in [0.717, 1.165) is 6.07 Å². The highest BCUT2D eigenvalue weighted by atomic mass is 19.4. The molecule has 0 spiro atoms. The van der Waals surface area contributed by atoms with Gasteiger partial charge in [-0.3, -0.25) is 0 Å². The van der Waals surface area contributed by atoms with Gasteiger partial charge in [0.25, 0.3) is 0 Å². The van der Waals surface area contributed by atoms with Gasteiger partial charge in [-0.05, 0) is 18.6 Å². The van der Waals surface area contributed by atoms with Gasteiger partial charge in [0.1, 0.15) is 5.69 Å². The number of halogens is 3. The summed E-state index contributed by atoms with van der Waals surface area (Å²) in [7, 11) is 0. The zero-order valence-electron chi connectivity index (χ0n) is 8.52. The van der Waals surface area contributed by atoms with Gasteiger partial charge in [0.05, 0.1) is 0 Å². The van der Waals surface area contributed by atoms with Crippen molar-refractivity contribution in [2.24, 2.45) is 0 Å². The zero-order chi connectivity index (χ0) is 11.6. The summed E-state index contributed by atoms with van der Waals surface area (Å²) in [6.45, 7) is 3.32. The summed E-state index contributed by atoms with van der Waals surface area (Å²) in [5, 5.41) is 0. The number of nitrogens with one attached hydrogen (secondary N) is 1. The van der Waals surface area contributed by atoms with Crippen molar-refractivity contribution in [2.45, 2.75) is 32.5 Å². The van der Waals surface area contributed by atoms with Gasteiger partial charge in [-0.1, -0.05) is 19.4 Å². The Bertz CT molecular complexity index is 347. The van der Waals surface area contributed by atoms with Crippen molar-refractivity contribution in [1.82, 2.24) is 4.98 Å². The maximum Gasteiger partial charge on any atom is 0.433 e. The predicted molar refractivity (Wildman–Crippen MR) is 51.3 cm³/mol. The molecular weight excluding hydrogens is 205 g/mol. The van der Waals surface area contributed by atoms with Crippen LogP contribution in [0.2, 0.25) is 0 Å². The van der Waals surface area contributed by atoms with E-state index in [1.165, 1.54) is 13.0 Å². The first kappa shape index (κ1) is 12.0. The first-order valence-corrected chi connectivity index (χ1v) is 4.62. The highest BCUT2D eigenvalue weighted by Gasteiger charge is 2.32. The standard InChI is InChI=1S/C10H12F3N2/c1-3-8(14)7-4-5-9(10(11,12)13)15-6(7)2/h4-5,8,14H,3H2,1-2H3/q-1/t8-/m1/s1. The summed E-state index contributed by atoms with van der Waals surface area (Å²) in [6.07, 6.45) is -3.85. The van der Waals surface area contributed by atoms with Gasteiger partial charge in [0, 0.05) is 5.69 Å². The number of aryl methyl sites for hydroxylation is 1. The Labute approximate surface area is 86.3 Å². The summed E-state index contributed by atoms with van der Waals surface area (Å²) in [6, 6.07) is 1.77. The number of pyridine rings is 1. The quantitative estimate of drug-likeness (QED) is 0.739. The molecule has 0 unspecified atom stereocenters. The van der Waals surface area contributed by atoms with Crippen LogP contribution in [-0.4, -0.2) is 4.98 Å². The molecule has 1 atom stereocenters. The van der Waals surface area contributed by atoms with Crippen molar-refractivity contribution in [3.05, 3.63) is 34.8 Å². The van der Waals surface area contributed by atoms with E-state index in [9.17, 15) is 13.2 Å². The van der Waals surface area contributed by atoms with E-state index in [0.29, 0.717) is 12.0 Å². The van der Waals surface area contributed by atoms with Gasteiger partial charge in [-0.2, -0.15) is 13.2 Å². The molecule has 1 rings (SSSR count). The van der Waals surface area contributed by atoms with E-state index >= 15 is 0 Å². The Morgan fingerprint density at radius 2 is 2.00 bits per heavy atom. The van der Waals surface area contributed by atoms with Crippen molar-refractivity contribution < 1.29 is 13.2 Å². The van der Waals surface area contributed by atoms with Gasteiger partial charge < -0.3 is 5.73 Å². The fourth-order valence-electron chi connectivity index (χ4n) is 1.32. The molecule has 84 valence electrons. The van der Waals surface area contributed by atoms with Crippen LogP contribution < -0.4 is 0 Å². The lowest BCUT2D eigenvalue weighted by molar-refractivity contribution is -0.141. The van der Waals surface area contributed by atoms with Gasteiger partial charge >= 0.3 is 6.18 Å². The van der Waals surface area contributed by atoms with Crippen LogP contribution in [0, 0.1) is 6.92 Å². The topological polar surface area (TPSA) is 36.7 Å². The third-order valence-electron chi connectivity index (χ3n) is 2.20. The molecule has 0 aromatic carbocycles. The maximum atomic E-state index is 12.3. The Morgan fingerprint density at radius 1 is 1.40 bits per heavy atom. The molecule has 1 aromatic rings. The molecule has 1 heterocycles. The van der Waals surface area contributed by atoms with E-state index in [4.69, 9.17) is 5.73 Å². The molecule has 0 radical (unpaired) electrons. The van der Waals surface area contributed by atoms with Crippen molar-refractivity contribution in [3.63, 3.8) is 0 Å². The van der Waals surface area contributed by atoms with Gasteiger partial charge in [-0.25, -0.2) is 4.98 Å². The van der Waals surface area contributed by atoms with Crippen molar-refractivity contribution >= 4 is 0 Å². The van der Waals surface area contributed by atoms with Crippen LogP contribution in [0.5, 0.6) is 0 Å². The number of hydrogen-bond acceptors (Lipinski definition) is 1. The highest BCUT2D eigenvalue weighted by molar-refractivity contribution is 5.27. The number of hydrogen-bond donors (Lipinski definition) is 0. The van der Waals surface area contributed by atoms with Crippen LogP contribution in [0.4, 0.5) is 13.2 Å². The van der Waals surface area contributed by atoms with Crippen molar-refractivity contribution in [1.29, 1.82) is 0 Å². The Kier molecular flexibility index (Phi) is 3.34. The monoisotopic (exact) mass is 217 g/mol. The van der Waals surface area contributed by atoms with Crippen LogP contribution in [0.15, 0.2) is 12.1 Å². The molecule has 5 heteroatoms. The minimum absolute atomic E-state index is 0.284. The summed E-state index contributed by atoms with van der Waals surface area (Å²) < 4.78 is 36.8. The van der Waals surface area contributed by atoms with Crippen LogP contribution in [0.25, 0.3) is 5.73 Å². The van der Waals surface area contributed by atoms with E-state index in [-0.39, 0.29) is 5.69 Å². The SMILES string of the molecule is CC[C@@H]([NH-])c1ccc(C(F)(F)F)nc1C. The molecule has 1 aromatic heterocycles. The fraction of sp³-hybridized carbons (Fsp3) is 0.500. The summed E-state index contributed by atoms with van der Waals surface area (Å²) in [4.78, 5) is 3.47. The highest BCUT2D eigenvalue weighted by Crippen LogP contribution is 2.30. The molecule has 0 aliphatic heterocycles. The molecule has 0 fully saturated rings. The molecule has 0 saturated carbocycles. The second-order valence-corrected chi connectivity index (χ2v) is 3.33. The third-order valence-corrected chi connectivity index (χ3v) is 2.20. The Balaban J connectivity index is 3.09. The number of rotatable bonds is 2. The molecule has 0 aliphatic rings. The van der Waals surface area contributed by atoms with Crippen molar-refractivity contribution in [2.75, 3.05) is 0 Å². The number of aromatic nitrogens is 1. The van der Waals surface area contributed by atoms with Gasteiger partial charge in [0.2, 0.25) is 0 Å².